The lowest BCUT2D eigenvalue weighted by atomic mass is 10.1. The van der Waals surface area contributed by atoms with E-state index in [2.05, 4.69) is 9.72 Å². The number of hydrogen-bond acceptors (Lipinski definition) is 4. The monoisotopic (exact) mass is 227 g/mol. The van der Waals surface area contributed by atoms with Gasteiger partial charge in [-0.3, -0.25) is 0 Å². The molecule has 0 aliphatic rings. The van der Waals surface area contributed by atoms with Crippen LogP contribution >= 0.6 is 0 Å². The van der Waals surface area contributed by atoms with Gasteiger partial charge >= 0.3 is 6.36 Å². The molecular formula is C9H4F3N3O. The average Bonchev–Trinajstić information content (AvgIpc) is 2.18. The standard InChI is InChI=1S/C9H4F3N3O/c10-9(11,12)16-8-7(1-3-13)6(5-14)2-4-15-8/h2,4H,1H2. The average molecular weight is 227 g/mol. The second-order valence-corrected chi connectivity index (χ2v) is 2.64. The summed E-state index contributed by atoms with van der Waals surface area (Å²) in [6.45, 7) is 0. The second kappa shape index (κ2) is 4.49. The minimum absolute atomic E-state index is 0.0594. The van der Waals surface area contributed by atoms with Crippen molar-refractivity contribution in [1.82, 2.24) is 4.98 Å². The number of halogens is 3. The van der Waals surface area contributed by atoms with E-state index in [1.807, 2.05) is 0 Å². The molecule has 0 radical (unpaired) electrons. The third-order valence-electron chi connectivity index (χ3n) is 1.60. The molecule has 1 rings (SSSR count). The Morgan fingerprint density at radius 1 is 1.38 bits per heavy atom. The van der Waals surface area contributed by atoms with E-state index in [1.54, 1.807) is 12.1 Å². The van der Waals surface area contributed by atoms with Gasteiger partial charge in [-0.05, 0) is 6.07 Å². The summed E-state index contributed by atoms with van der Waals surface area (Å²) in [4.78, 5) is 3.35. The van der Waals surface area contributed by atoms with Crippen LogP contribution < -0.4 is 4.74 Å². The molecule has 0 N–H and O–H groups in total. The first kappa shape index (κ1) is 11.8. The van der Waals surface area contributed by atoms with Gasteiger partial charge in [0.1, 0.15) is 0 Å². The van der Waals surface area contributed by atoms with Crippen LogP contribution in [0.25, 0.3) is 0 Å². The number of pyridine rings is 1. The first-order valence-electron chi connectivity index (χ1n) is 3.98. The molecule has 0 amide bonds. The lowest BCUT2D eigenvalue weighted by molar-refractivity contribution is -0.276. The van der Waals surface area contributed by atoms with Gasteiger partial charge in [0.25, 0.3) is 0 Å². The van der Waals surface area contributed by atoms with E-state index in [4.69, 9.17) is 10.5 Å². The third-order valence-corrected chi connectivity index (χ3v) is 1.60. The molecule has 0 saturated carbocycles. The zero-order chi connectivity index (χ0) is 12.2. The Kier molecular flexibility index (Phi) is 3.31. The van der Waals surface area contributed by atoms with Crippen LogP contribution in [0.2, 0.25) is 0 Å². The van der Waals surface area contributed by atoms with Crippen LogP contribution in [0, 0.1) is 22.7 Å². The minimum Gasteiger partial charge on any atom is -0.387 e. The number of aromatic nitrogens is 1. The highest BCUT2D eigenvalue weighted by Gasteiger charge is 2.33. The van der Waals surface area contributed by atoms with Crippen LogP contribution in [-0.4, -0.2) is 11.3 Å². The van der Waals surface area contributed by atoms with Crippen molar-refractivity contribution < 1.29 is 17.9 Å². The maximum absolute atomic E-state index is 12.0. The molecule has 0 atom stereocenters. The molecular weight excluding hydrogens is 223 g/mol. The van der Waals surface area contributed by atoms with Gasteiger partial charge in [0.15, 0.2) is 0 Å². The summed E-state index contributed by atoms with van der Waals surface area (Å²) in [6, 6.07) is 4.53. The molecule has 0 fully saturated rings. The topological polar surface area (TPSA) is 69.7 Å². The summed E-state index contributed by atoms with van der Waals surface area (Å²) in [5.41, 5.74) is -0.222. The highest BCUT2D eigenvalue weighted by molar-refractivity contribution is 5.43. The van der Waals surface area contributed by atoms with Crippen LogP contribution in [-0.2, 0) is 6.42 Å². The Bertz CT molecular complexity index is 470. The van der Waals surface area contributed by atoms with Crippen LogP contribution in [0.1, 0.15) is 11.1 Å². The molecule has 16 heavy (non-hydrogen) atoms. The molecule has 4 nitrogen and oxygen atoms in total. The van der Waals surface area contributed by atoms with Crippen molar-refractivity contribution in [3.8, 4) is 18.0 Å². The summed E-state index contributed by atoms with van der Waals surface area (Å²) in [5, 5.41) is 17.1. The predicted octanol–water partition coefficient (Wildman–Crippen LogP) is 1.92. The summed E-state index contributed by atoms with van der Waals surface area (Å²) in [6.07, 6.45) is -4.26. The van der Waals surface area contributed by atoms with Crippen LogP contribution in [0.15, 0.2) is 12.3 Å². The fraction of sp³-hybridized carbons (Fsp3) is 0.222. The molecule has 0 bridgehead atoms. The molecule has 1 heterocycles. The van der Waals surface area contributed by atoms with Gasteiger partial charge in [0, 0.05) is 11.8 Å². The van der Waals surface area contributed by atoms with Crippen LogP contribution in [0.4, 0.5) is 13.2 Å². The van der Waals surface area contributed by atoms with Gasteiger partial charge in [-0.25, -0.2) is 4.98 Å². The van der Waals surface area contributed by atoms with E-state index in [-0.39, 0.29) is 17.5 Å². The Labute approximate surface area is 88.5 Å². The Hall–Kier alpha value is -2.28. The Balaban J connectivity index is 3.19. The Morgan fingerprint density at radius 3 is 2.56 bits per heavy atom. The summed E-state index contributed by atoms with van der Waals surface area (Å²) in [7, 11) is 0. The van der Waals surface area contributed by atoms with Gasteiger partial charge in [-0.15, -0.1) is 13.2 Å². The maximum atomic E-state index is 12.0. The summed E-state index contributed by atoms with van der Waals surface area (Å²) < 4.78 is 39.5. The highest BCUT2D eigenvalue weighted by atomic mass is 19.4. The first-order valence-corrected chi connectivity index (χ1v) is 3.98. The number of nitrogens with zero attached hydrogens (tertiary/aromatic N) is 3. The van der Waals surface area contributed by atoms with Crippen molar-refractivity contribution in [2.75, 3.05) is 0 Å². The van der Waals surface area contributed by atoms with E-state index >= 15 is 0 Å². The molecule has 0 aromatic carbocycles. The van der Waals surface area contributed by atoms with Crippen molar-refractivity contribution in [1.29, 1.82) is 10.5 Å². The SMILES string of the molecule is N#CCc1c(C#N)ccnc1OC(F)(F)F. The van der Waals surface area contributed by atoms with Crippen molar-refractivity contribution in [2.45, 2.75) is 12.8 Å². The van der Waals surface area contributed by atoms with Crippen molar-refractivity contribution in [2.24, 2.45) is 0 Å². The van der Waals surface area contributed by atoms with Gasteiger partial charge in [0.2, 0.25) is 5.88 Å². The normalized spacial score (nSPS) is 10.3. The fourth-order valence-electron chi connectivity index (χ4n) is 1.03. The lowest BCUT2D eigenvalue weighted by Crippen LogP contribution is -2.19. The number of alkyl halides is 3. The largest absolute Gasteiger partial charge is 0.574 e. The fourth-order valence-corrected chi connectivity index (χ4v) is 1.03. The predicted molar refractivity (Wildman–Crippen MR) is 45.0 cm³/mol. The molecule has 1 aromatic rings. The Morgan fingerprint density at radius 2 is 2.06 bits per heavy atom. The van der Waals surface area contributed by atoms with Gasteiger partial charge in [-0.2, -0.15) is 10.5 Å². The van der Waals surface area contributed by atoms with Crippen molar-refractivity contribution in [3.63, 3.8) is 0 Å². The smallest absolute Gasteiger partial charge is 0.387 e. The lowest BCUT2D eigenvalue weighted by Gasteiger charge is -2.10. The number of nitriles is 2. The van der Waals surface area contributed by atoms with Gasteiger partial charge < -0.3 is 4.74 Å². The summed E-state index contributed by atoms with van der Waals surface area (Å²) in [5.74, 6) is -0.756. The molecule has 0 saturated heterocycles. The van der Waals surface area contributed by atoms with E-state index in [0.717, 1.165) is 6.20 Å². The third kappa shape index (κ3) is 2.85. The summed E-state index contributed by atoms with van der Waals surface area (Å²) >= 11 is 0. The van der Waals surface area contributed by atoms with Crippen LogP contribution in [0.5, 0.6) is 5.88 Å². The quantitative estimate of drug-likeness (QED) is 0.773. The molecule has 0 unspecified atom stereocenters. The first-order chi connectivity index (χ1) is 7.48. The highest BCUT2D eigenvalue weighted by Crippen LogP contribution is 2.26. The molecule has 0 aliphatic carbocycles. The zero-order valence-electron chi connectivity index (χ0n) is 7.75. The van der Waals surface area contributed by atoms with Crippen molar-refractivity contribution in [3.05, 3.63) is 23.4 Å². The number of ether oxygens (including phenoxy) is 1. The molecule has 1 aromatic heterocycles. The van der Waals surface area contributed by atoms with Gasteiger partial charge in [-0.1, -0.05) is 0 Å². The molecule has 82 valence electrons. The van der Waals surface area contributed by atoms with Gasteiger partial charge in [0.05, 0.1) is 24.1 Å². The van der Waals surface area contributed by atoms with Crippen molar-refractivity contribution >= 4 is 0 Å². The van der Waals surface area contributed by atoms with E-state index in [9.17, 15) is 13.2 Å². The van der Waals surface area contributed by atoms with E-state index in [0.29, 0.717) is 0 Å². The number of rotatable bonds is 2. The number of hydrogen-bond donors (Lipinski definition) is 0. The van der Waals surface area contributed by atoms with E-state index in [1.165, 1.54) is 6.07 Å². The maximum Gasteiger partial charge on any atom is 0.574 e. The van der Waals surface area contributed by atoms with E-state index < -0.39 is 12.2 Å². The second-order valence-electron chi connectivity index (χ2n) is 2.64. The molecule has 7 heteroatoms. The minimum atomic E-state index is -4.90. The molecule has 0 spiro atoms. The van der Waals surface area contributed by atoms with Crippen LogP contribution in [0.3, 0.4) is 0 Å². The zero-order valence-corrected chi connectivity index (χ0v) is 7.75. The molecule has 0 aliphatic heterocycles.